The summed E-state index contributed by atoms with van der Waals surface area (Å²) in [6.45, 7) is 1.28. The first-order chi connectivity index (χ1) is 15.6. The van der Waals surface area contributed by atoms with Crippen molar-refractivity contribution in [2.24, 2.45) is 0 Å². The van der Waals surface area contributed by atoms with Crippen LogP contribution in [0.5, 0.6) is 0 Å². The van der Waals surface area contributed by atoms with Crippen LogP contribution in [0.25, 0.3) is 5.57 Å². The monoisotopic (exact) mass is 446 g/mol. The average molecular weight is 447 g/mol. The highest BCUT2D eigenvalue weighted by Gasteiger charge is 2.28. The van der Waals surface area contributed by atoms with Crippen LogP contribution in [-0.2, 0) is 17.2 Å². The molecule has 0 spiro atoms. The Kier molecular flexibility index (Phi) is 5.37. The standard InChI is InChI=1S/C23H19FN6OS/c1-2-15-13-25-21(26-14-15)16-6-9-30(10-7-16)23-28-19-8-11-32(31)20(19)22(29-23)27-18-5-3-4-17(24)12-18/h1,3-6,12-14H,7-11H2,(H,27,28,29). The van der Waals surface area contributed by atoms with Gasteiger partial charge in [0.05, 0.1) is 22.1 Å². The van der Waals surface area contributed by atoms with Gasteiger partial charge in [0.1, 0.15) is 10.7 Å². The second kappa shape index (κ2) is 8.48. The number of aryl methyl sites for hydroxylation is 1. The fourth-order valence-electron chi connectivity index (χ4n) is 3.74. The van der Waals surface area contributed by atoms with Gasteiger partial charge in [-0.3, -0.25) is 4.21 Å². The SMILES string of the molecule is C#Cc1cnc(C2=CCN(c3nc4c(c(Nc5cccc(F)c5)n3)S(=O)CC4)CC2)nc1. The normalized spacial score (nSPS) is 17.4. The summed E-state index contributed by atoms with van der Waals surface area (Å²) in [6, 6.07) is 6.12. The van der Waals surface area contributed by atoms with Crippen molar-refractivity contribution in [1.29, 1.82) is 0 Å². The van der Waals surface area contributed by atoms with Crippen LogP contribution in [0.15, 0.2) is 47.6 Å². The number of nitrogens with zero attached hydrogens (tertiary/aromatic N) is 5. The largest absolute Gasteiger partial charge is 0.339 e. The van der Waals surface area contributed by atoms with E-state index in [0.29, 0.717) is 59.0 Å². The van der Waals surface area contributed by atoms with Gasteiger partial charge in [0, 0.05) is 43.3 Å². The molecule has 0 aliphatic carbocycles. The Morgan fingerprint density at radius 1 is 1.19 bits per heavy atom. The zero-order chi connectivity index (χ0) is 22.1. The van der Waals surface area contributed by atoms with Crippen molar-refractivity contribution in [2.75, 3.05) is 29.1 Å². The molecule has 2 aromatic heterocycles. The van der Waals surface area contributed by atoms with Gasteiger partial charge in [-0.25, -0.2) is 19.3 Å². The molecule has 0 saturated heterocycles. The first-order valence-corrected chi connectivity index (χ1v) is 11.5. The van der Waals surface area contributed by atoms with Crippen LogP contribution in [0, 0.1) is 18.2 Å². The number of halogens is 1. The highest BCUT2D eigenvalue weighted by Crippen LogP contribution is 2.32. The predicted molar refractivity (Wildman–Crippen MR) is 121 cm³/mol. The number of aromatic nitrogens is 4. The molecule has 7 nitrogen and oxygen atoms in total. The zero-order valence-corrected chi connectivity index (χ0v) is 17.9. The fraction of sp³-hybridized carbons (Fsp3) is 0.217. The number of terminal acetylenes is 1. The molecule has 1 unspecified atom stereocenters. The van der Waals surface area contributed by atoms with Crippen LogP contribution in [0.1, 0.15) is 23.5 Å². The molecule has 160 valence electrons. The predicted octanol–water partition coefficient (Wildman–Crippen LogP) is 3.09. The number of nitrogens with one attached hydrogen (secondary N) is 1. The molecule has 0 saturated carbocycles. The summed E-state index contributed by atoms with van der Waals surface area (Å²) in [5.74, 6) is 4.37. The average Bonchev–Trinajstić information content (AvgIpc) is 3.20. The Bertz CT molecular complexity index is 1280. The van der Waals surface area contributed by atoms with E-state index in [2.05, 4.69) is 37.2 Å². The molecule has 0 fully saturated rings. The van der Waals surface area contributed by atoms with Gasteiger partial charge in [-0.2, -0.15) is 4.98 Å². The second-order valence-electron chi connectivity index (χ2n) is 7.45. The summed E-state index contributed by atoms with van der Waals surface area (Å²) in [4.78, 5) is 20.7. The van der Waals surface area contributed by atoms with Crippen molar-refractivity contribution >= 4 is 33.8 Å². The first kappa shape index (κ1) is 20.3. The number of hydrogen-bond acceptors (Lipinski definition) is 7. The van der Waals surface area contributed by atoms with E-state index in [9.17, 15) is 8.60 Å². The van der Waals surface area contributed by atoms with Gasteiger partial charge < -0.3 is 10.2 Å². The van der Waals surface area contributed by atoms with Crippen LogP contribution in [0.2, 0.25) is 0 Å². The topological polar surface area (TPSA) is 83.9 Å². The molecular weight excluding hydrogens is 427 g/mol. The Balaban J connectivity index is 1.42. The van der Waals surface area contributed by atoms with Crippen molar-refractivity contribution in [3.05, 3.63) is 65.6 Å². The van der Waals surface area contributed by atoms with E-state index in [4.69, 9.17) is 11.4 Å². The fourth-order valence-corrected chi connectivity index (χ4v) is 5.04. The van der Waals surface area contributed by atoms with Gasteiger partial charge >= 0.3 is 0 Å². The summed E-state index contributed by atoms with van der Waals surface area (Å²) in [6.07, 6.45) is 12.1. The van der Waals surface area contributed by atoms with Crippen molar-refractivity contribution in [3.8, 4) is 12.3 Å². The minimum absolute atomic E-state index is 0.353. The molecule has 0 radical (unpaired) electrons. The van der Waals surface area contributed by atoms with Crippen molar-refractivity contribution < 1.29 is 8.60 Å². The van der Waals surface area contributed by atoms with E-state index in [-0.39, 0.29) is 5.82 Å². The molecular formula is C23H19FN6OS. The van der Waals surface area contributed by atoms with Crippen LogP contribution < -0.4 is 10.2 Å². The van der Waals surface area contributed by atoms with Gasteiger partial charge in [-0.15, -0.1) is 6.42 Å². The Morgan fingerprint density at radius 2 is 2.03 bits per heavy atom. The van der Waals surface area contributed by atoms with Gasteiger partial charge in [0.25, 0.3) is 0 Å². The third kappa shape index (κ3) is 3.97. The minimum atomic E-state index is -1.18. The lowest BCUT2D eigenvalue weighted by molar-refractivity contribution is 0.628. The summed E-state index contributed by atoms with van der Waals surface area (Å²) in [5.41, 5.74) is 3.02. The minimum Gasteiger partial charge on any atom is -0.339 e. The number of benzene rings is 1. The van der Waals surface area contributed by atoms with E-state index < -0.39 is 10.8 Å². The van der Waals surface area contributed by atoms with E-state index >= 15 is 0 Å². The van der Waals surface area contributed by atoms with E-state index in [1.807, 2.05) is 0 Å². The smallest absolute Gasteiger partial charge is 0.227 e. The van der Waals surface area contributed by atoms with E-state index in [1.54, 1.807) is 24.5 Å². The lowest BCUT2D eigenvalue weighted by Gasteiger charge is -2.27. The first-order valence-electron chi connectivity index (χ1n) is 10.2. The molecule has 1 N–H and O–H groups in total. The summed E-state index contributed by atoms with van der Waals surface area (Å²) in [7, 11) is -1.18. The van der Waals surface area contributed by atoms with Gasteiger partial charge in [0.2, 0.25) is 5.95 Å². The number of anilines is 3. The highest BCUT2D eigenvalue weighted by atomic mass is 32.2. The Hall–Kier alpha value is -3.64. The summed E-state index contributed by atoms with van der Waals surface area (Å²) < 4.78 is 26.2. The zero-order valence-electron chi connectivity index (χ0n) is 17.1. The van der Waals surface area contributed by atoms with Crippen molar-refractivity contribution in [2.45, 2.75) is 17.7 Å². The molecule has 5 rings (SSSR count). The highest BCUT2D eigenvalue weighted by molar-refractivity contribution is 7.85. The molecule has 32 heavy (non-hydrogen) atoms. The number of hydrogen-bond donors (Lipinski definition) is 1. The molecule has 2 aliphatic rings. The molecule has 1 atom stereocenters. The Labute approximate surface area is 187 Å². The molecule has 1 aromatic carbocycles. The van der Waals surface area contributed by atoms with Gasteiger partial charge in [-0.1, -0.05) is 18.1 Å². The molecule has 4 heterocycles. The van der Waals surface area contributed by atoms with Gasteiger partial charge in [-0.05, 0) is 30.2 Å². The molecule has 9 heteroatoms. The molecule has 0 amide bonds. The van der Waals surface area contributed by atoms with Crippen LogP contribution in [0.3, 0.4) is 0 Å². The van der Waals surface area contributed by atoms with Crippen molar-refractivity contribution in [1.82, 2.24) is 19.9 Å². The number of fused-ring (bicyclic) bond motifs is 1. The second-order valence-corrected chi connectivity index (χ2v) is 8.96. The number of rotatable bonds is 4. The summed E-state index contributed by atoms with van der Waals surface area (Å²) >= 11 is 0. The molecule has 0 bridgehead atoms. The lowest BCUT2D eigenvalue weighted by atomic mass is 10.1. The van der Waals surface area contributed by atoms with Crippen LogP contribution >= 0.6 is 0 Å². The third-order valence-corrected chi connectivity index (χ3v) is 6.82. The van der Waals surface area contributed by atoms with Gasteiger partial charge in [0.15, 0.2) is 11.6 Å². The van der Waals surface area contributed by atoms with Crippen LogP contribution in [-0.4, -0.2) is 43.0 Å². The summed E-state index contributed by atoms with van der Waals surface area (Å²) in [5, 5.41) is 3.14. The van der Waals surface area contributed by atoms with E-state index in [0.717, 1.165) is 17.7 Å². The maximum absolute atomic E-state index is 13.6. The molecule has 3 aromatic rings. The molecule has 2 aliphatic heterocycles. The van der Waals surface area contributed by atoms with Crippen LogP contribution in [0.4, 0.5) is 21.8 Å². The lowest BCUT2D eigenvalue weighted by Crippen LogP contribution is -2.30. The van der Waals surface area contributed by atoms with E-state index in [1.165, 1.54) is 12.1 Å². The maximum atomic E-state index is 13.6. The van der Waals surface area contributed by atoms with Crippen molar-refractivity contribution in [3.63, 3.8) is 0 Å². The third-order valence-electron chi connectivity index (χ3n) is 5.36. The Morgan fingerprint density at radius 3 is 2.75 bits per heavy atom. The maximum Gasteiger partial charge on any atom is 0.227 e. The quantitative estimate of drug-likeness (QED) is 0.617.